The van der Waals surface area contributed by atoms with Crippen LogP contribution >= 0.6 is 11.3 Å². The zero-order valence-corrected chi connectivity index (χ0v) is 11.3. The Morgan fingerprint density at radius 1 is 1.28 bits per heavy atom. The van der Waals surface area contributed by atoms with Crippen molar-refractivity contribution in [2.24, 2.45) is 0 Å². The molecule has 0 saturated carbocycles. The monoisotopic (exact) mass is 254 g/mol. The molecule has 1 aliphatic carbocycles. The lowest BCUT2D eigenvalue weighted by molar-refractivity contribution is 0.514. The second kappa shape index (κ2) is 3.23. The van der Waals surface area contributed by atoms with E-state index in [9.17, 15) is 0 Å². The maximum Gasteiger partial charge on any atom is 0.195 e. The van der Waals surface area contributed by atoms with Crippen LogP contribution in [0.4, 0.5) is 0 Å². The number of fused-ring (bicyclic) bond motifs is 5. The molecule has 2 nitrogen and oxygen atoms in total. The summed E-state index contributed by atoms with van der Waals surface area (Å²) in [5.74, 6) is 0. The van der Waals surface area contributed by atoms with Gasteiger partial charge in [-0.2, -0.15) is 0 Å². The van der Waals surface area contributed by atoms with Crippen molar-refractivity contribution in [2.45, 2.75) is 25.7 Å². The maximum atomic E-state index is 4.87. The van der Waals surface area contributed by atoms with Crippen molar-refractivity contribution in [2.75, 3.05) is 0 Å². The first-order valence-corrected chi connectivity index (χ1v) is 7.05. The number of allylic oxidation sites excluding steroid dienone is 1. The van der Waals surface area contributed by atoms with Crippen LogP contribution in [0.2, 0.25) is 0 Å². The van der Waals surface area contributed by atoms with Crippen LogP contribution in [0.25, 0.3) is 21.3 Å². The predicted molar refractivity (Wildman–Crippen MR) is 77.3 cm³/mol. The zero-order chi connectivity index (χ0) is 12.3. The van der Waals surface area contributed by atoms with Gasteiger partial charge < -0.3 is 0 Å². The smallest absolute Gasteiger partial charge is 0.195 e. The van der Waals surface area contributed by atoms with Gasteiger partial charge in [0.15, 0.2) is 4.96 Å². The number of hydrogen-bond donors (Lipinski definition) is 0. The number of aromatic nitrogens is 2. The fourth-order valence-corrected chi connectivity index (χ4v) is 3.79. The SMILES string of the molecule is CC1(C)CC=Cc2c1nc1sc3ccccc3n21. The van der Waals surface area contributed by atoms with Crippen LogP contribution in [0.1, 0.15) is 31.7 Å². The van der Waals surface area contributed by atoms with Gasteiger partial charge in [0.2, 0.25) is 0 Å². The second-order valence-corrected chi connectivity index (χ2v) is 6.53. The Labute approximate surface area is 110 Å². The third-order valence-corrected chi connectivity index (χ3v) is 4.76. The van der Waals surface area contributed by atoms with Crippen LogP contribution in [0, 0.1) is 0 Å². The average Bonchev–Trinajstić information content (AvgIpc) is 2.85. The topological polar surface area (TPSA) is 17.3 Å². The van der Waals surface area contributed by atoms with E-state index in [-0.39, 0.29) is 5.41 Å². The minimum absolute atomic E-state index is 0.150. The molecule has 4 rings (SSSR count). The molecule has 0 aliphatic heterocycles. The Morgan fingerprint density at radius 2 is 2.11 bits per heavy atom. The third kappa shape index (κ3) is 1.20. The van der Waals surface area contributed by atoms with Gasteiger partial charge in [0.25, 0.3) is 0 Å². The Bertz CT molecular complexity index is 789. The van der Waals surface area contributed by atoms with E-state index in [4.69, 9.17) is 4.98 Å². The summed E-state index contributed by atoms with van der Waals surface area (Å²) in [7, 11) is 0. The van der Waals surface area contributed by atoms with Gasteiger partial charge in [0.1, 0.15) is 0 Å². The Balaban J connectivity index is 2.19. The van der Waals surface area contributed by atoms with E-state index < -0.39 is 0 Å². The van der Waals surface area contributed by atoms with Gasteiger partial charge in [-0.15, -0.1) is 0 Å². The molecule has 0 amide bonds. The molecule has 2 aromatic heterocycles. The van der Waals surface area contributed by atoms with Crippen LogP contribution in [0.5, 0.6) is 0 Å². The van der Waals surface area contributed by atoms with Crippen LogP contribution in [-0.4, -0.2) is 9.38 Å². The van der Waals surface area contributed by atoms with Gasteiger partial charge in [-0.05, 0) is 24.6 Å². The third-order valence-electron chi connectivity index (χ3n) is 3.73. The summed E-state index contributed by atoms with van der Waals surface area (Å²) in [6.07, 6.45) is 5.56. The number of benzene rings is 1. The fraction of sp³-hybridized carbons (Fsp3) is 0.267. The average molecular weight is 254 g/mol. The first-order valence-electron chi connectivity index (χ1n) is 6.24. The molecule has 2 heterocycles. The van der Waals surface area contributed by atoms with E-state index in [1.54, 1.807) is 11.3 Å². The van der Waals surface area contributed by atoms with E-state index in [1.165, 1.54) is 21.6 Å². The lowest BCUT2D eigenvalue weighted by Gasteiger charge is -2.24. The molecule has 0 radical (unpaired) electrons. The minimum Gasteiger partial charge on any atom is -0.283 e. The van der Waals surface area contributed by atoms with Crippen molar-refractivity contribution >= 4 is 32.6 Å². The van der Waals surface area contributed by atoms with E-state index in [0.29, 0.717) is 0 Å². The highest BCUT2D eigenvalue weighted by Gasteiger charge is 2.30. The Morgan fingerprint density at radius 3 is 3.00 bits per heavy atom. The number of para-hydroxylation sites is 1. The predicted octanol–water partition coefficient (Wildman–Crippen LogP) is 4.24. The molecular formula is C15H14N2S. The van der Waals surface area contributed by atoms with Crippen molar-refractivity contribution in [1.29, 1.82) is 0 Å². The largest absolute Gasteiger partial charge is 0.283 e. The lowest BCUT2D eigenvalue weighted by Crippen LogP contribution is -2.20. The first-order chi connectivity index (χ1) is 8.67. The van der Waals surface area contributed by atoms with E-state index in [0.717, 1.165) is 11.4 Å². The number of hydrogen-bond acceptors (Lipinski definition) is 2. The van der Waals surface area contributed by atoms with Crippen molar-refractivity contribution in [3.05, 3.63) is 41.7 Å². The molecule has 0 bridgehead atoms. The maximum absolute atomic E-state index is 4.87. The van der Waals surface area contributed by atoms with E-state index >= 15 is 0 Å². The van der Waals surface area contributed by atoms with Crippen molar-refractivity contribution in [3.8, 4) is 0 Å². The molecule has 0 fully saturated rings. The first kappa shape index (κ1) is 10.3. The summed E-state index contributed by atoms with van der Waals surface area (Å²) >= 11 is 1.77. The molecule has 0 saturated heterocycles. The summed E-state index contributed by atoms with van der Waals surface area (Å²) < 4.78 is 3.60. The number of thiazole rings is 1. The molecule has 18 heavy (non-hydrogen) atoms. The highest BCUT2D eigenvalue weighted by Crippen LogP contribution is 2.38. The highest BCUT2D eigenvalue weighted by atomic mass is 32.1. The number of rotatable bonds is 0. The van der Waals surface area contributed by atoms with Crippen LogP contribution in [0.3, 0.4) is 0 Å². The Kier molecular flexibility index (Phi) is 1.86. The molecule has 0 N–H and O–H groups in total. The standard InChI is InChI=1S/C15H14N2S/c1-15(2)9-5-7-11-13(15)16-14-17(11)10-6-3-4-8-12(10)18-14/h3-8H,9H2,1-2H3. The number of nitrogens with zero attached hydrogens (tertiary/aromatic N) is 2. The highest BCUT2D eigenvalue weighted by molar-refractivity contribution is 7.23. The molecule has 3 heteroatoms. The Hall–Kier alpha value is -1.61. The van der Waals surface area contributed by atoms with Crippen molar-refractivity contribution < 1.29 is 0 Å². The van der Waals surface area contributed by atoms with Crippen LogP contribution in [0.15, 0.2) is 30.3 Å². The summed E-state index contributed by atoms with van der Waals surface area (Å²) in [6, 6.07) is 8.53. The van der Waals surface area contributed by atoms with Gasteiger partial charge in [-0.25, -0.2) is 4.98 Å². The summed E-state index contributed by atoms with van der Waals surface area (Å²) in [5, 5.41) is 0. The van der Waals surface area contributed by atoms with Gasteiger partial charge in [0, 0.05) is 5.41 Å². The van der Waals surface area contributed by atoms with Gasteiger partial charge in [-0.1, -0.05) is 43.4 Å². The summed E-state index contributed by atoms with van der Waals surface area (Å²) in [4.78, 5) is 5.99. The van der Waals surface area contributed by atoms with E-state index in [1.807, 2.05) is 0 Å². The molecule has 0 atom stereocenters. The molecule has 0 unspecified atom stereocenters. The quantitative estimate of drug-likeness (QED) is 0.586. The molecule has 1 aromatic carbocycles. The molecule has 0 spiro atoms. The molecular weight excluding hydrogens is 240 g/mol. The molecule has 3 aromatic rings. The lowest BCUT2D eigenvalue weighted by atomic mass is 9.81. The molecule has 1 aliphatic rings. The minimum atomic E-state index is 0.150. The number of imidazole rings is 1. The van der Waals surface area contributed by atoms with E-state index in [2.05, 4.69) is 54.7 Å². The van der Waals surface area contributed by atoms with Gasteiger partial charge in [-0.3, -0.25) is 4.40 Å². The zero-order valence-electron chi connectivity index (χ0n) is 10.5. The van der Waals surface area contributed by atoms with Gasteiger partial charge >= 0.3 is 0 Å². The van der Waals surface area contributed by atoms with Crippen LogP contribution in [-0.2, 0) is 5.41 Å². The fourth-order valence-electron chi connectivity index (χ4n) is 2.75. The second-order valence-electron chi connectivity index (χ2n) is 5.52. The normalized spacial score (nSPS) is 17.4. The van der Waals surface area contributed by atoms with Crippen molar-refractivity contribution in [1.82, 2.24) is 9.38 Å². The summed E-state index contributed by atoms with van der Waals surface area (Å²) in [6.45, 7) is 4.54. The van der Waals surface area contributed by atoms with Crippen molar-refractivity contribution in [3.63, 3.8) is 0 Å². The molecule has 90 valence electrons. The van der Waals surface area contributed by atoms with Gasteiger partial charge in [0.05, 0.1) is 21.6 Å². The summed E-state index contributed by atoms with van der Waals surface area (Å²) in [5.41, 5.74) is 3.92. The van der Waals surface area contributed by atoms with Crippen LogP contribution < -0.4 is 0 Å².